The van der Waals surface area contributed by atoms with Gasteiger partial charge in [0.15, 0.2) is 0 Å². The maximum absolute atomic E-state index is 10.7. The number of fused-ring (bicyclic) bond motifs is 1. The number of benzene rings is 1. The van der Waals surface area contributed by atoms with E-state index in [-0.39, 0.29) is 32.3 Å². The first kappa shape index (κ1) is 55.6. The summed E-state index contributed by atoms with van der Waals surface area (Å²) < 4.78 is 118. The number of pyridine rings is 4. The maximum Gasteiger partial charge on any atom is 2.00 e. The second-order valence-corrected chi connectivity index (χ2v) is 15.5. The van der Waals surface area contributed by atoms with Crippen molar-refractivity contribution in [1.82, 2.24) is 29.9 Å². The molecule has 0 spiro atoms. The summed E-state index contributed by atoms with van der Waals surface area (Å²) in [5.74, 6) is 0.167. The zero-order valence-corrected chi connectivity index (χ0v) is 35.3. The fourth-order valence-electron chi connectivity index (χ4n) is 3.57. The number of hydrogen-bond acceptors (Lipinski definition) is 7. The van der Waals surface area contributed by atoms with E-state index in [1.165, 1.54) is 36.1 Å². The van der Waals surface area contributed by atoms with Crippen LogP contribution >= 0.6 is 15.6 Å². The van der Waals surface area contributed by atoms with Gasteiger partial charge in [-0.15, -0.1) is 0 Å². The molecule has 0 aliphatic rings. The van der Waals surface area contributed by atoms with Crippen molar-refractivity contribution < 1.29 is 81.7 Å². The molecule has 0 atom stereocenters. The number of Topliss-reactive ketones (excluding diaryl/α,β-unsaturated/α-hetero) is 1. The van der Waals surface area contributed by atoms with Crippen LogP contribution in [0, 0.1) is 27.7 Å². The molecule has 0 fully saturated rings. The van der Waals surface area contributed by atoms with Crippen LogP contribution in [-0.4, -0.2) is 41.2 Å². The molecule has 0 aliphatic carbocycles. The molecule has 0 aliphatic heterocycles. The molecule has 6 rings (SSSR count). The third kappa shape index (κ3) is 32.6. The Morgan fingerprint density at radius 2 is 0.793 bits per heavy atom. The monoisotopic (exact) mass is 1060 g/mol. The van der Waals surface area contributed by atoms with Gasteiger partial charge in [-0.3, -0.25) is 19.9 Å². The molecule has 5 heterocycles. The van der Waals surface area contributed by atoms with Crippen LogP contribution in [0.5, 0.6) is 0 Å². The molecule has 0 bridgehead atoms. The normalized spacial score (nSPS) is 12.7. The smallest absolute Gasteiger partial charge is 0.412 e. The molecular formula is C35H38F12N6O2P2Pt. The number of carbonyl (C=O) groups is 1. The van der Waals surface area contributed by atoms with Crippen molar-refractivity contribution in [2.24, 2.45) is 0 Å². The van der Waals surface area contributed by atoms with Gasteiger partial charge in [0.2, 0.25) is 0 Å². The minimum atomic E-state index is -10.7. The Hall–Kier alpha value is -4.50. The van der Waals surface area contributed by atoms with Gasteiger partial charge in [-0.05, 0) is 112 Å². The summed E-state index contributed by atoms with van der Waals surface area (Å²) in [5.41, 5.74) is 9.68. The van der Waals surface area contributed by atoms with Crippen LogP contribution in [0.3, 0.4) is 0 Å². The number of nitrogens with zero attached hydrogens (tertiary/aromatic N) is 6. The summed E-state index contributed by atoms with van der Waals surface area (Å²) in [6.45, 7) is 11.3. The third-order valence-corrected chi connectivity index (χ3v) is 5.71. The van der Waals surface area contributed by atoms with Crippen molar-refractivity contribution in [3.63, 3.8) is 0 Å². The predicted octanol–water partition coefficient (Wildman–Crippen LogP) is 13.7. The van der Waals surface area contributed by atoms with E-state index in [1.54, 1.807) is 24.8 Å². The summed E-state index contributed by atoms with van der Waals surface area (Å²) in [5, 5.41) is 0. The molecular weight excluding hydrogens is 1020 g/mol. The standard InChI is InChI=1S/C20H16N4.2C6H7N.C3H6O.2F6P.H2O.Pt/c1-13-11-17-18(12-14(13)2)24-20(16-8-4-6-10-22-16)19(23-17)15-7-3-5-9-21-15;2*1-6-3-2-4-7-5-6;1-3(2)4;2*1-7(2,3,4,5)6;;/h3-12H,1-2H3;2*2-5H,1H3;1-2H3;;;1H2;/q;;;;2*-1;;+2. The number of ketones is 1. The largest absolute Gasteiger partial charge is 2.00 e. The first-order valence-electron chi connectivity index (χ1n) is 15.6. The molecule has 0 saturated heterocycles. The van der Waals surface area contributed by atoms with E-state index in [4.69, 9.17) is 9.97 Å². The molecule has 324 valence electrons. The second-order valence-electron chi connectivity index (χ2n) is 11.7. The molecule has 58 heavy (non-hydrogen) atoms. The van der Waals surface area contributed by atoms with Gasteiger partial charge in [0.05, 0.1) is 22.4 Å². The van der Waals surface area contributed by atoms with E-state index in [0.29, 0.717) is 0 Å². The van der Waals surface area contributed by atoms with E-state index in [9.17, 15) is 55.2 Å². The van der Waals surface area contributed by atoms with Crippen LogP contribution in [0.1, 0.15) is 36.1 Å². The second kappa shape index (κ2) is 20.5. The van der Waals surface area contributed by atoms with E-state index < -0.39 is 15.6 Å². The topological polar surface area (TPSA) is 126 Å². The third-order valence-electron chi connectivity index (χ3n) is 5.71. The maximum atomic E-state index is 9.87. The quantitative estimate of drug-likeness (QED) is 0.125. The van der Waals surface area contributed by atoms with Crippen molar-refractivity contribution in [2.75, 3.05) is 0 Å². The van der Waals surface area contributed by atoms with Crippen LogP contribution in [0.15, 0.2) is 110 Å². The van der Waals surface area contributed by atoms with Crippen LogP contribution in [0.4, 0.5) is 50.4 Å². The summed E-state index contributed by atoms with van der Waals surface area (Å²) in [4.78, 5) is 35.8. The van der Waals surface area contributed by atoms with E-state index in [2.05, 4.69) is 45.9 Å². The van der Waals surface area contributed by atoms with Gasteiger partial charge in [0, 0.05) is 37.2 Å². The van der Waals surface area contributed by atoms with Gasteiger partial charge in [-0.25, -0.2) is 9.97 Å². The zero-order valence-electron chi connectivity index (χ0n) is 31.2. The average Bonchev–Trinajstić information content (AvgIpc) is 3.04. The SMILES string of the molecule is CC(C)=O.Cc1cc2nc(-c3ccccn3)c(-c3ccccn3)nc2cc1C.Cc1cccnc1.Cc1cccnc1.F[P-](F)(F)(F)(F)F.F[P-](F)(F)(F)(F)F.O.[Pt+2]. The molecule has 1 aromatic carbocycles. The number of rotatable bonds is 2. The van der Waals surface area contributed by atoms with Crippen molar-refractivity contribution in [2.45, 2.75) is 41.5 Å². The Morgan fingerprint density at radius 1 is 0.500 bits per heavy atom. The van der Waals surface area contributed by atoms with Crippen LogP contribution < -0.4 is 0 Å². The summed E-state index contributed by atoms with van der Waals surface area (Å²) in [6, 6.07) is 23.6. The summed E-state index contributed by atoms with van der Waals surface area (Å²) in [6.07, 6.45) is 10.7. The molecule has 0 saturated carbocycles. The summed E-state index contributed by atoms with van der Waals surface area (Å²) in [7, 11) is -21.3. The Morgan fingerprint density at radius 3 is 0.983 bits per heavy atom. The molecule has 8 nitrogen and oxygen atoms in total. The zero-order chi connectivity index (χ0) is 43.1. The average molecular weight is 1060 g/mol. The minimum Gasteiger partial charge on any atom is -0.412 e. The fraction of sp³-hybridized carbons (Fsp3) is 0.171. The predicted molar refractivity (Wildman–Crippen MR) is 201 cm³/mol. The Labute approximate surface area is 339 Å². The first-order chi connectivity index (χ1) is 25.1. The molecule has 6 aromatic rings. The van der Waals surface area contributed by atoms with Gasteiger partial charge < -0.3 is 10.3 Å². The molecule has 0 radical (unpaired) electrons. The van der Waals surface area contributed by atoms with Crippen LogP contribution in [-0.2, 0) is 25.9 Å². The summed E-state index contributed by atoms with van der Waals surface area (Å²) >= 11 is 0. The molecule has 2 N–H and O–H groups in total. The van der Waals surface area contributed by atoms with Crippen LogP contribution in [0.2, 0.25) is 0 Å². The van der Waals surface area contributed by atoms with Gasteiger partial charge in [-0.1, -0.05) is 24.3 Å². The first-order valence-corrected chi connectivity index (χ1v) is 19.7. The van der Waals surface area contributed by atoms with Crippen molar-refractivity contribution in [3.8, 4) is 22.8 Å². The van der Waals surface area contributed by atoms with Gasteiger partial charge in [0.25, 0.3) is 0 Å². The Bertz CT molecular complexity index is 1990. The number of halogens is 12. The molecule has 0 amide bonds. The van der Waals surface area contributed by atoms with Crippen LogP contribution in [0.25, 0.3) is 33.8 Å². The number of carbonyl (C=O) groups excluding carboxylic acids is 1. The van der Waals surface area contributed by atoms with E-state index in [1.807, 2.05) is 86.9 Å². The van der Waals surface area contributed by atoms with E-state index in [0.717, 1.165) is 33.8 Å². The Balaban J connectivity index is 0. The van der Waals surface area contributed by atoms with E-state index >= 15 is 0 Å². The van der Waals surface area contributed by atoms with Crippen molar-refractivity contribution in [3.05, 3.63) is 132 Å². The minimum absolute atomic E-state index is 0. The van der Waals surface area contributed by atoms with Gasteiger partial charge >= 0.3 is 87.0 Å². The number of aromatic nitrogens is 6. The molecule has 5 aromatic heterocycles. The van der Waals surface area contributed by atoms with Gasteiger partial charge in [-0.2, -0.15) is 0 Å². The number of hydrogen-bond donors (Lipinski definition) is 0. The molecule has 0 unspecified atom stereocenters. The number of aryl methyl sites for hydroxylation is 4. The molecule has 23 heteroatoms. The fourth-order valence-corrected chi connectivity index (χ4v) is 3.57. The van der Waals surface area contributed by atoms with Crippen molar-refractivity contribution >= 4 is 32.4 Å². The van der Waals surface area contributed by atoms with Crippen molar-refractivity contribution in [1.29, 1.82) is 0 Å². The Kier molecular flexibility index (Phi) is 19.6. The van der Waals surface area contributed by atoms with Gasteiger partial charge in [0.1, 0.15) is 17.2 Å².